The summed E-state index contributed by atoms with van der Waals surface area (Å²) in [6.07, 6.45) is 2.76. The second-order valence-electron chi connectivity index (χ2n) is 4.85. The van der Waals surface area contributed by atoms with Gasteiger partial charge in [0, 0.05) is 31.4 Å². The third-order valence-corrected chi connectivity index (χ3v) is 3.31. The van der Waals surface area contributed by atoms with E-state index in [1.165, 1.54) is 0 Å². The molecule has 102 valence electrons. The van der Waals surface area contributed by atoms with Gasteiger partial charge in [0.25, 0.3) is 0 Å². The summed E-state index contributed by atoms with van der Waals surface area (Å²) in [5, 5.41) is 2.76. The van der Waals surface area contributed by atoms with E-state index in [0.29, 0.717) is 25.9 Å². The van der Waals surface area contributed by atoms with Crippen LogP contribution in [0.2, 0.25) is 0 Å². The van der Waals surface area contributed by atoms with E-state index >= 15 is 0 Å². The van der Waals surface area contributed by atoms with Crippen molar-refractivity contribution in [2.24, 2.45) is 0 Å². The van der Waals surface area contributed by atoms with Gasteiger partial charge < -0.3 is 10.2 Å². The molecule has 0 aromatic carbocycles. The molecule has 1 aromatic rings. The van der Waals surface area contributed by atoms with Crippen LogP contribution in [-0.4, -0.2) is 34.3 Å². The fourth-order valence-electron chi connectivity index (χ4n) is 2.14. The van der Waals surface area contributed by atoms with Crippen molar-refractivity contribution in [2.75, 3.05) is 6.54 Å². The van der Waals surface area contributed by atoms with Crippen LogP contribution in [0.1, 0.15) is 31.0 Å². The topological polar surface area (TPSA) is 62.3 Å². The van der Waals surface area contributed by atoms with Crippen molar-refractivity contribution in [2.45, 2.75) is 39.3 Å². The predicted octanol–water partition coefficient (Wildman–Crippen LogP) is 1.02. The zero-order valence-electron chi connectivity index (χ0n) is 11.3. The molecule has 0 aliphatic carbocycles. The average molecular weight is 261 g/mol. The summed E-state index contributed by atoms with van der Waals surface area (Å²) >= 11 is 0. The van der Waals surface area contributed by atoms with Gasteiger partial charge in [-0.05, 0) is 25.0 Å². The van der Waals surface area contributed by atoms with Crippen LogP contribution in [0.5, 0.6) is 0 Å². The lowest BCUT2D eigenvalue weighted by Crippen LogP contribution is -2.43. The van der Waals surface area contributed by atoms with Crippen molar-refractivity contribution < 1.29 is 9.59 Å². The van der Waals surface area contributed by atoms with E-state index in [0.717, 1.165) is 11.3 Å². The molecule has 5 nitrogen and oxygen atoms in total. The molecular formula is C14H19N3O2. The van der Waals surface area contributed by atoms with E-state index in [1.54, 1.807) is 11.1 Å². The molecule has 1 aliphatic rings. The summed E-state index contributed by atoms with van der Waals surface area (Å²) < 4.78 is 0. The van der Waals surface area contributed by atoms with Crippen LogP contribution in [-0.2, 0) is 16.1 Å². The molecular weight excluding hydrogens is 242 g/mol. The Morgan fingerprint density at radius 2 is 2.21 bits per heavy atom. The van der Waals surface area contributed by atoms with Crippen molar-refractivity contribution in [3.63, 3.8) is 0 Å². The van der Waals surface area contributed by atoms with Gasteiger partial charge in [-0.3, -0.25) is 14.6 Å². The monoisotopic (exact) mass is 261 g/mol. The van der Waals surface area contributed by atoms with E-state index in [2.05, 4.69) is 10.3 Å². The molecule has 2 rings (SSSR count). The van der Waals surface area contributed by atoms with Gasteiger partial charge in [0.1, 0.15) is 6.04 Å². The first-order valence-electron chi connectivity index (χ1n) is 6.60. The predicted molar refractivity (Wildman–Crippen MR) is 71.2 cm³/mol. The van der Waals surface area contributed by atoms with Gasteiger partial charge in [-0.2, -0.15) is 0 Å². The summed E-state index contributed by atoms with van der Waals surface area (Å²) in [4.78, 5) is 29.8. The van der Waals surface area contributed by atoms with Gasteiger partial charge in [0.2, 0.25) is 11.8 Å². The number of rotatable bonds is 3. The number of carbonyl (C=O) groups is 2. The lowest BCUT2D eigenvalue weighted by atomic mass is 10.2. The van der Waals surface area contributed by atoms with Gasteiger partial charge in [0.15, 0.2) is 0 Å². The highest BCUT2D eigenvalue weighted by atomic mass is 16.2. The molecule has 1 aromatic heterocycles. The summed E-state index contributed by atoms with van der Waals surface area (Å²) in [6, 6.07) is 3.50. The summed E-state index contributed by atoms with van der Waals surface area (Å²) in [5.74, 6) is -0.0568. The number of nitrogens with one attached hydrogen (secondary N) is 1. The second kappa shape index (κ2) is 5.82. The zero-order chi connectivity index (χ0) is 13.8. The minimum Gasteiger partial charge on any atom is -0.344 e. The maximum absolute atomic E-state index is 12.3. The summed E-state index contributed by atoms with van der Waals surface area (Å²) in [6.45, 7) is 4.81. The molecule has 1 aliphatic heterocycles. The highest BCUT2D eigenvalue weighted by Crippen LogP contribution is 2.11. The first kappa shape index (κ1) is 13.5. The minimum atomic E-state index is -0.395. The molecule has 1 fully saturated rings. The summed E-state index contributed by atoms with van der Waals surface area (Å²) in [7, 11) is 0. The number of pyridine rings is 1. The third-order valence-electron chi connectivity index (χ3n) is 3.31. The van der Waals surface area contributed by atoms with Crippen LogP contribution in [0.3, 0.4) is 0 Å². The SMILES string of the molecule is CCC1NC(=O)CCN(Cc2ccc(C)nc2)C1=O. The minimum absolute atomic E-state index is 0.00562. The van der Waals surface area contributed by atoms with E-state index in [1.807, 2.05) is 26.0 Å². The van der Waals surface area contributed by atoms with Crippen LogP contribution < -0.4 is 5.32 Å². The Bertz CT molecular complexity index is 470. The molecule has 2 heterocycles. The number of nitrogens with zero attached hydrogens (tertiary/aromatic N) is 2. The molecule has 0 radical (unpaired) electrons. The maximum Gasteiger partial charge on any atom is 0.245 e. The fourth-order valence-corrected chi connectivity index (χ4v) is 2.14. The molecule has 5 heteroatoms. The van der Waals surface area contributed by atoms with Crippen LogP contribution in [0, 0.1) is 6.92 Å². The van der Waals surface area contributed by atoms with Crippen molar-refractivity contribution in [3.05, 3.63) is 29.6 Å². The molecule has 0 spiro atoms. The number of hydrogen-bond acceptors (Lipinski definition) is 3. The Morgan fingerprint density at radius 1 is 1.42 bits per heavy atom. The van der Waals surface area contributed by atoms with Gasteiger partial charge in [-0.15, -0.1) is 0 Å². The van der Waals surface area contributed by atoms with E-state index < -0.39 is 6.04 Å². The number of carbonyl (C=O) groups excluding carboxylic acids is 2. The highest BCUT2D eigenvalue weighted by Gasteiger charge is 2.28. The van der Waals surface area contributed by atoms with E-state index in [-0.39, 0.29) is 11.8 Å². The lowest BCUT2D eigenvalue weighted by Gasteiger charge is -2.23. The van der Waals surface area contributed by atoms with Crippen LogP contribution in [0.15, 0.2) is 18.3 Å². The highest BCUT2D eigenvalue weighted by molar-refractivity contribution is 5.89. The molecule has 1 atom stereocenters. The van der Waals surface area contributed by atoms with Crippen molar-refractivity contribution >= 4 is 11.8 Å². The molecule has 0 bridgehead atoms. The Kier molecular flexibility index (Phi) is 4.14. The number of hydrogen-bond donors (Lipinski definition) is 1. The molecule has 1 saturated heterocycles. The first-order valence-corrected chi connectivity index (χ1v) is 6.60. The van der Waals surface area contributed by atoms with Gasteiger partial charge >= 0.3 is 0 Å². The molecule has 2 amide bonds. The van der Waals surface area contributed by atoms with E-state index in [4.69, 9.17) is 0 Å². The van der Waals surface area contributed by atoms with Crippen molar-refractivity contribution in [1.82, 2.24) is 15.2 Å². The van der Waals surface area contributed by atoms with Crippen LogP contribution >= 0.6 is 0 Å². The lowest BCUT2D eigenvalue weighted by molar-refractivity contribution is -0.134. The number of aromatic nitrogens is 1. The average Bonchev–Trinajstić information content (AvgIpc) is 2.54. The van der Waals surface area contributed by atoms with Crippen molar-refractivity contribution in [3.8, 4) is 0 Å². The number of aryl methyl sites for hydroxylation is 1. The Morgan fingerprint density at radius 3 is 2.84 bits per heavy atom. The standard InChI is InChI=1S/C14H19N3O2/c1-3-12-14(19)17(7-6-13(18)16-12)9-11-5-4-10(2)15-8-11/h4-5,8,12H,3,6-7,9H2,1-2H3,(H,16,18). The maximum atomic E-state index is 12.3. The Balaban J connectivity index is 2.11. The number of amides is 2. The third kappa shape index (κ3) is 3.30. The Hall–Kier alpha value is -1.91. The quantitative estimate of drug-likeness (QED) is 0.883. The zero-order valence-corrected chi connectivity index (χ0v) is 11.3. The van der Waals surface area contributed by atoms with Crippen LogP contribution in [0.4, 0.5) is 0 Å². The second-order valence-corrected chi connectivity index (χ2v) is 4.85. The largest absolute Gasteiger partial charge is 0.344 e. The first-order chi connectivity index (χ1) is 9.10. The molecule has 1 unspecified atom stereocenters. The Labute approximate surface area is 113 Å². The van der Waals surface area contributed by atoms with Crippen LogP contribution in [0.25, 0.3) is 0 Å². The molecule has 0 saturated carbocycles. The fraction of sp³-hybridized carbons (Fsp3) is 0.500. The molecule has 19 heavy (non-hydrogen) atoms. The summed E-state index contributed by atoms with van der Waals surface area (Å²) in [5.41, 5.74) is 1.94. The normalized spacial score (nSPS) is 20.1. The van der Waals surface area contributed by atoms with Gasteiger partial charge in [-0.25, -0.2) is 0 Å². The smallest absolute Gasteiger partial charge is 0.245 e. The van der Waals surface area contributed by atoms with E-state index in [9.17, 15) is 9.59 Å². The molecule has 1 N–H and O–H groups in total. The van der Waals surface area contributed by atoms with Gasteiger partial charge in [-0.1, -0.05) is 13.0 Å². The van der Waals surface area contributed by atoms with Crippen molar-refractivity contribution in [1.29, 1.82) is 0 Å². The van der Waals surface area contributed by atoms with Gasteiger partial charge in [0.05, 0.1) is 0 Å².